The van der Waals surface area contributed by atoms with Gasteiger partial charge in [-0.2, -0.15) is 0 Å². The molecule has 1 heterocycles. The van der Waals surface area contributed by atoms with Crippen LogP contribution >= 0.6 is 0 Å². The molecule has 0 saturated carbocycles. The van der Waals surface area contributed by atoms with Gasteiger partial charge in [0.1, 0.15) is 0 Å². The predicted molar refractivity (Wildman–Crippen MR) is 68.1 cm³/mol. The van der Waals surface area contributed by atoms with E-state index in [1.165, 1.54) is 0 Å². The Kier molecular flexibility index (Phi) is 1.74. The van der Waals surface area contributed by atoms with Crippen molar-refractivity contribution < 1.29 is 0 Å². The van der Waals surface area contributed by atoms with Crippen molar-refractivity contribution in [3.05, 3.63) is 42.5 Å². The van der Waals surface area contributed by atoms with Gasteiger partial charge in [0, 0.05) is 22.1 Å². The van der Waals surface area contributed by atoms with Gasteiger partial charge < -0.3 is 11.5 Å². The van der Waals surface area contributed by atoms with Crippen LogP contribution in [0.25, 0.3) is 21.8 Å². The first kappa shape index (κ1) is 8.97. The number of nitrogens with zero attached hydrogens (tertiary/aromatic N) is 1. The van der Waals surface area contributed by atoms with Crippen LogP contribution in [0, 0.1) is 0 Å². The Morgan fingerprint density at radius 2 is 1.75 bits per heavy atom. The number of pyridine rings is 1. The van der Waals surface area contributed by atoms with E-state index < -0.39 is 0 Å². The molecule has 2 aromatic carbocycles. The zero-order chi connectivity index (χ0) is 11.1. The molecule has 0 radical (unpaired) electrons. The summed E-state index contributed by atoms with van der Waals surface area (Å²) in [7, 11) is 0. The lowest BCUT2D eigenvalue weighted by Gasteiger charge is -2.04. The van der Waals surface area contributed by atoms with Gasteiger partial charge in [-0.1, -0.05) is 6.07 Å². The molecule has 16 heavy (non-hydrogen) atoms. The first-order valence-corrected chi connectivity index (χ1v) is 5.08. The van der Waals surface area contributed by atoms with E-state index in [0.29, 0.717) is 0 Å². The van der Waals surface area contributed by atoms with Gasteiger partial charge in [-0.25, -0.2) is 4.98 Å². The van der Waals surface area contributed by atoms with Gasteiger partial charge in [-0.15, -0.1) is 0 Å². The smallest absolute Gasteiger partial charge is 0.0730 e. The molecule has 0 spiro atoms. The zero-order valence-electron chi connectivity index (χ0n) is 8.64. The molecule has 3 nitrogen and oxygen atoms in total. The summed E-state index contributed by atoms with van der Waals surface area (Å²) in [6, 6.07) is 13.5. The van der Waals surface area contributed by atoms with Crippen molar-refractivity contribution in [3.63, 3.8) is 0 Å². The zero-order valence-corrected chi connectivity index (χ0v) is 8.64. The Bertz CT molecular complexity index is 689. The van der Waals surface area contributed by atoms with E-state index in [9.17, 15) is 0 Å². The molecule has 3 heteroatoms. The molecule has 0 atom stereocenters. The monoisotopic (exact) mass is 209 g/mol. The molecule has 78 valence electrons. The van der Waals surface area contributed by atoms with Crippen molar-refractivity contribution in [1.29, 1.82) is 0 Å². The molecule has 1 aromatic heterocycles. The maximum absolute atomic E-state index is 5.91. The molecule has 0 fully saturated rings. The van der Waals surface area contributed by atoms with Crippen LogP contribution in [0.4, 0.5) is 11.4 Å². The highest BCUT2D eigenvalue weighted by molar-refractivity contribution is 5.99. The Labute approximate surface area is 92.7 Å². The molecule has 0 aliphatic carbocycles. The number of benzene rings is 2. The van der Waals surface area contributed by atoms with Crippen LogP contribution in [0.2, 0.25) is 0 Å². The van der Waals surface area contributed by atoms with Gasteiger partial charge in [0.25, 0.3) is 0 Å². The Morgan fingerprint density at radius 3 is 2.62 bits per heavy atom. The summed E-state index contributed by atoms with van der Waals surface area (Å²) >= 11 is 0. The van der Waals surface area contributed by atoms with Crippen LogP contribution < -0.4 is 11.5 Å². The highest BCUT2D eigenvalue weighted by Crippen LogP contribution is 2.25. The van der Waals surface area contributed by atoms with E-state index in [-0.39, 0.29) is 0 Å². The number of fused-ring (bicyclic) bond motifs is 2. The number of hydrogen-bond acceptors (Lipinski definition) is 3. The predicted octanol–water partition coefficient (Wildman–Crippen LogP) is 2.55. The van der Waals surface area contributed by atoms with Crippen molar-refractivity contribution in [2.24, 2.45) is 0 Å². The van der Waals surface area contributed by atoms with Crippen LogP contribution in [0.5, 0.6) is 0 Å². The van der Waals surface area contributed by atoms with Gasteiger partial charge in [-0.05, 0) is 36.4 Å². The summed E-state index contributed by atoms with van der Waals surface area (Å²) in [6.07, 6.45) is 0. The number of rotatable bonds is 0. The summed E-state index contributed by atoms with van der Waals surface area (Å²) in [6.45, 7) is 0. The molecule has 0 amide bonds. The van der Waals surface area contributed by atoms with Gasteiger partial charge in [-0.3, -0.25) is 0 Å². The van der Waals surface area contributed by atoms with E-state index >= 15 is 0 Å². The highest BCUT2D eigenvalue weighted by atomic mass is 14.7. The van der Waals surface area contributed by atoms with E-state index in [1.807, 2.05) is 42.5 Å². The molecule has 4 N–H and O–H groups in total. The SMILES string of the molecule is Nc1ccc2nc3cccc(N)c3cc2c1. The summed E-state index contributed by atoms with van der Waals surface area (Å²) in [5.74, 6) is 0. The molecule has 3 aromatic rings. The lowest BCUT2D eigenvalue weighted by Crippen LogP contribution is -1.90. The quantitative estimate of drug-likeness (QED) is 0.441. The third-order valence-corrected chi connectivity index (χ3v) is 2.71. The van der Waals surface area contributed by atoms with Gasteiger partial charge in [0.05, 0.1) is 11.0 Å². The maximum Gasteiger partial charge on any atom is 0.0730 e. The van der Waals surface area contributed by atoms with Crippen LogP contribution in [-0.4, -0.2) is 4.98 Å². The molecule has 0 aliphatic heterocycles. The van der Waals surface area contributed by atoms with Gasteiger partial charge in [0.15, 0.2) is 0 Å². The van der Waals surface area contributed by atoms with Gasteiger partial charge >= 0.3 is 0 Å². The Morgan fingerprint density at radius 1 is 0.875 bits per heavy atom. The molecular weight excluding hydrogens is 198 g/mol. The highest BCUT2D eigenvalue weighted by Gasteiger charge is 2.02. The fraction of sp³-hybridized carbons (Fsp3) is 0. The second-order valence-corrected chi connectivity index (χ2v) is 3.85. The number of aromatic nitrogens is 1. The minimum absolute atomic E-state index is 0.739. The largest absolute Gasteiger partial charge is 0.399 e. The van der Waals surface area contributed by atoms with Crippen molar-refractivity contribution in [1.82, 2.24) is 4.98 Å². The molecular formula is C13H11N3. The molecule has 0 aliphatic rings. The van der Waals surface area contributed by atoms with Crippen molar-refractivity contribution >= 4 is 33.2 Å². The number of hydrogen-bond donors (Lipinski definition) is 2. The topological polar surface area (TPSA) is 64.9 Å². The fourth-order valence-corrected chi connectivity index (χ4v) is 1.90. The lowest BCUT2D eigenvalue weighted by molar-refractivity contribution is 1.50. The minimum atomic E-state index is 0.739. The number of nitrogens with two attached hydrogens (primary N) is 2. The summed E-state index contributed by atoms with van der Waals surface area (Å²) in [4.78, 5) is 4.54. The van der Waals surface area contributed by atoms with E-state index in [2.05, 4.69) is 4.98 Å². The molecule has 0 bridgehead atoms. The van der Waals surface area contributed by atoms with Crippen molar-refractivity contribution in [3.8, 4) is 0 Å². The normalized spacial score (nSPS) is 11.0. The molecule has 3 rings (SSSR count). The van der Waals surface area contributed by atoms with E-state index in [1.54, 1.807) is 0 Å². The third-order valence-electron chi connectivity index (χ3n) is 2.71. The Hall–Kier alpha value is -2.29. The van der Waals surface area contributed by atoms with Gasteiger partial charge in [0.2, 0.25) is 0 Å². The van der Waals surface area contributed by atoms with Crippen LogP contribution in [0.15, 0.2) is 42.5 Å². The first-order chi connectivity index (χ1) is 7.74. The lowest BCUT2D eigenvalue weighted by atomic mass is 10.1. The summed E-state index contributed by atoms with van der Waals surface area (Å²) in [5.41, 5.74) is 15.0. The second kappa shape index (κ2) is 3.10. The summed E-state index contributed by atoms with van der Waals surface area (Å²) < 4.78 is 0. The van der Waals surface area contributed by atoms with Crippen molar-refractivity contribution in [2.45, 2.75) is 0 Å². The average Bonchev–Trinajstić information content (AvgIpc) is 2.28. The summed E-state index contributed by atoms with van der Waals surface area (Å²) in [5, 5.41) is 1.99. The molecule has 0 saturated heterocycles. The van der Waals surface area contributed by atoms with Crippen molar-refractivity contribution in [2.75, 3.05) is 11.5 Å². The second-order valence-electron chi connectivity index (χ2n) is 3.85. The first-order valence-electron chi connectivity index (χ1n) is 5.08. The number of anilines is 2. The number of nitrogen functional groups attached to an aromatic ring is 2. The fourth-order valence-electron chi connectivity index (χ4n) is 1.90. The third kappa shape index (κ3) is 1.26. The minimum Gasteiger partial charge on any atom is -0.399 e. The van der Waals surface area contributed by atoms with Crippen LogP contribution in [-0.2, 0) is 0 Å². The van der Waals surface area contributed by atoms with Crippen LogP contribution in [0.3, 0.4) is 0 Å². The molecule has 0 unspecified atom stereocenters. The Balaban J connectivity index is 2.49. The van der Waals surface area contributed by atoms with E-state index in [4.69, 9.17) is 11.5 Å². The van der Waals surface area contributed by atoms with E-state index in [0.717, 1.165) is 33.2 Å². The maximum atomic E-state index is 5.91. The standard InChI is InChI=1S/C13H11N3/c14-9-4-5-12-8(6-9)7-10-11(15)2-1-3-13(10)16-12/h1-7H,14-15H2. The van der Waals surface area contributed by atoms with Crippen LogP contribution in [0.1, 0.15) is 0 Å². The average molecular weight is 209 g/mol.